The fraction of sp³-hybridized carbons (Fsp3) is 1.00. The maximum absolute atomic E-state index is 5.84. The van der Waals surface area contributed by atoms with Crippen LogP contribution in [-0.2, 0) is 0 Å². The van der Waals surface area contributed by atoms with Gasteiger partial charge in [-0.05, 0) is 26.1 Å². The van der Waals surface area contributed by atoms with E-state index in [2.05, 4.69) is 23.6 Å². The molecule has 78 valence electrons. The van der Waals surface area contributed by atoms with Crippen LogP contribution in [0.5, 0.6) is 0 Å². The highest BCUT2D eigenvalue weighted by molar-refractivity contribution is 4.78. The van der Waals surface area contributed by atoms with E-state index in [4.69, 9.17) is 5.73 Å². The molecule has 1 aliphatic heterocycles. The van der Waals surface area contributed by atoms with Crippen molar-refractivity contribution in [2.24, 2.45) is 5.73 Å². The minimum Gasteiger partial charge on any atom is -0.326 e. The molecule has 0 aliphatic carbocycles. The lowest BCUT2D eigenvalue weighted by atomic mass is 10.3. The summed E-state index contributed by atoms with van der Waals surface area (Å²) in [5, 5.41) is 0. The largest absolute Gasteiger partial charge is 0.326 e. The van der Waals surface area contributed by atoms with Gasteiger partial charge in [0.25, 0.3) is 0 Å². The Morgan fingerprint density at radius 1 is 1.38 bits per heavy atom. The van der Waals surface area contributed by atoms with E-state index in [0.29, 0.717) is 6.04 Å². The molecule has 3 nitrogen and oxygen atoms in total. The summed E-state index contributed by atoms with van der Waals surface area (Å²) in [7, 11) is 0. The van der Waals surface area contributed by atoms with Gasteiger partial charge < -0.3 is 15.5 Å². The molecule has 13 heavy (non-hydrogen) atoms. The predicted octanol–water partition coefficient (Wildman–Crippen LogP) is 0.361. The molecule has 1 aliphatic rings. The van der Waals surface area contributed by atoms with E-state index in [1.165, 1.54) is 26.1 Å². The van der Waals surface area contributed by atoms with Crippen LogP contribution in [-0.4, -0.2) is 55.1 Å². The lowest BCUT2D eigenvalue weighted by molar-refractivity contribution is 0.239. The van der Waals surface area contributed by atoms with E-state index in [9.17, 15) is 0 Å². The topological polar surface area (TPSA) is 32.5 Å². The monoisotopic (exact) mass is 185 g/mol. The Morgan fingerprint density at radius 2 is 2.08 bits per heavy atom. The molecule has 0 bridgehead atoms. The summed E-state index contributed by atoms with van der Waals surface area (Å²) >= 11 is 0. The number of nitrogens with two attached hydrogens (primary N) is 1. The van der Waals surface area contributed by atoms with Gasteiger partial charge in [0.2, 0.25) is 0 Å². The van der Waals surface area contributed by atoms with Crippen LogP contribution in [0.3, 0.4) is 0 Å². The summed E-state index contributed by atoms with van der Waals surface area (Å²) in [5.41, 5.74) is 5.84. The number of hydrogen-bond donors (Lipinski definition) is 1. The van der Waals surface area contributed by atoms with Crippen molar-refractivity contribution in [2.45, 2.75) is 26.3 Å². The molecule has 0 spiro atoms. The summed E-state index contributed by atoms with van der Waals surface area (Å²) in [6, 6.07) is 0.428. The molecule has 0 radical (unpaired) electrons. The van der Waals surface area contributed by atoms with Crippen LogP contribution < -0.4 is 5.73 Å². The van der Waals surface area contributed by atoms with E-state index in [1.54, 1.807) is 0 Å². The molecule has 0 aromatic carbocycles. The Kier molecular flexibility index (Phi) is 4.70. The highest BCUT2D eigenvalue weighted by Gasteiger charge is 2.18. The minimum atomic E-state index is 0.428. The third kappa shape index (κ3) is 3.63. The molecule has 1 atom stereocenters. The fourth-order valence-corrected chi connectivity index (χ4v) is 1.89. The first-order chi connectivity index (χ1) is 6.26. The normalized spacial score (nSPS) is 24.5. The molecule has 1 fully saturated rings. The number of hydrogen-bond acceptors (Lipinski definition) is 3. The van der Waals surface area contributed by atoms with Gasteiger partial charge in [-0.15, -0.1) is 0 Å². The van der Waals surface area contributed by atoms with Crippen LogP contribution in [0.15, 0.2) is 0 Å². The first-order valence-corrected chi connectivity index (χ1v) is 5.46. The third-order valence-electron chi connectivity index (χ3n) is 2.94. The van der Waals surface area contributed by atoms with E-state index in [0.717, 1.165) is 19.6 Å². The zero-order valence-corrected chi connectivity index (χ0v) is 9.00. The molecule has 1 rings (SSSR count). The molecule has 2 N–H and O–H groups in total. The minimum absolute atomic E-state index is 0.428. The molecule has 0 saturated carbocycles. The van der Waals surface area contributed by atoms with Crippen molar-refractivity contribution in [3.05, 3.63) is 0 Å². The van der Waals surface area contributed by atoms with Gasteiger partial charge in [0.15, 0.2) is 0 Å². The van der Waals surface area contributed by atoms with Crippen LogP contribution in [0, 0.1) is 0 Å². The first kappa shape index (κ1) is 11.0. The van der Waals surface area contributed by atoms with Crippen LogP contribution >= 0.6 is 0 Å². The van der Waals surface area contributed by atoms with Crippen molar-refractivity contribution in [3.63, 3.8) is 0 Å². The van der Waals surface area contributed by atoms with E-state index in [-0.39, 0.29) is 0 Å². The number of likely N-dealkylation sites (tertiary alicyclic amines) is 1. The molecule has 3 heteroatoms. The molecule has 0 aromatic heterocycles. The fourth-order valence-electron chi connectivity index (χ4n) is 1.89. The zero-order valence-electron chi connectivity index (χ0n) is 9.00. The number of nitrogens with zero attached hydrogens (tertiary/aromatic N) is 2. The van der Waals surface area contributed by atoms with Gasteiger partial charge in [-0.25, -0.2) is 0 Å². The number of rotatable bonds is 5. The van der Waals surface area contributed by atoms with E-state index >= 15 is 0 Å². The molecule has 0 amide bonds. The second-order valence-electron chi connectivity index (χ2n) is 3.88. The lowest BCUT2D eigenvalue weighted by Gasteiger charge is -2.22. The second-order valence-corrected chi connectivity index (χ2v) is 3.88. The summed E-state index contributed by atoms with van der Waals surface area (Å²) in [6.45, 7) is 11.4. The van der Waals surface area contributed by atoms with Crippen LogP contribution in [0.1, 0.15) is 20.3 Å². The average Bonchev–Trinajstić information content (AvgIpc) is 2.53. The lowest BCUT2D eigenvalue weighted by Crippen LogP contribution is -2.35. The molecule has 0 unspecified atom stereocenters. The summed E-state index contributed by atoms with van der Waals surface area (Å²) < 4.78 is 0. The van der Waals surface area contributed by atoms with Gasteiger partial charge in [0, 0.05) is 25.7 Å². The molecule has 0 aromatic rings. The average molecular weight is 185 g/mol. The molecular weight excluding hydrogens is 162 g/mol. The van der Waals surface area contributed by atoms with Crippen LogP contribution in [0.25, 0.3) is 0 Å². The maximum Gasteiger partial charge on any atom is 0.0180 e. The van der Waals surface area contributed by atoms with Crippen molar-refractivity contribution in [1.82, 2.24) is 9.80 Å². The third-order valence-corrected chi connectivity index (χ3v) is 2.94. The van der Waals surface area contributed by atoms with Gasteiger partial charge in [0.1, 0.15) is 0 Å². The Bertz CT molecular complexity index is 134. The Balaban J connectivity index is 2.11. The van der Waals surface area contributed by atoms with Crippen molar-refractivity contribution in [1.29, 1.82) is 0 Å². The Hall–Kier alpha value is -0.120. The summed E-state index contributed by atoms with van der Waals surface area (Å²) in [6.07, 6.45) is 1.18. The quantitative estimate of drug-likeness (QED) is 0.671. The summed E-state index contributed by atoms with van der Waals surface area (Å²) in [4.78, 5) is 4.94. The SMILES string of the molecule is CCN(CC)CCN1CC[C@H](N)C1. The van der Waals surface area contributed by atoms with Gasteiger partial charge in [0.05, 0.1) is 0 Å². The van der Waals surface area contributed by atoms with Crippen molar-refractivity contribution in [3.8, 4) is 0 Å². The smallest absolute Gasteiger partial charge is 0.0180 e. The highest BCUT2D eigenvalue weighted by atomic mass is 15.2. The van der Waals surface area contributed by atoms with Gasteiger partial charge in [-0.2, -0.15) is 0 Å². The van der Waals surface area contributed by atoms with Crippen LogP contribution in [0.4, 0.5) is 0 Å². The van der Waals surface area contributed by atoms with Crippen LogP contribution in [0.2, 0.25) is 0 Å². The van der Waals surface area contributed by atoms with Crippen molar-refractivity contribution >= 4 is 0 Å². The second kappa shape index (κ2) is 5.58. The highest BCUT2D eigenvalue weighted by Crippen LogP contribution is 2.06. The van der Waals surface area contributed by atoms with Gasteiger partial charge in [-0.3, -0.25) is 0 Å². The molecule has 1 heterocycles. The maximum atomic E-state index is 5.84. The zero-order chi connectivity index (χ0) is 9.68. The van der Waals surface area contributed by atoms with E-state index in [1.807, 2.05) is 0 Å². The number of likely N-dealkylation sites (N-methyl/N-ethyl adjacent to an activating group) is 1. The molecule has 1 saturated heterocycles. The van der Waals surface area contributed by atoms with Crippen molar-refractivity contribution < 1.29 is 0 Å². The van der Waals surface area contributed by atoms with Gasteiger partial charge in [-0.1, -0.05) is 13.8 Å². The Labute approximate surface area is 81.9 Å². The first-order valence-electron chi connectivity index (χ1n) is 5.46. The Morgan fingerprint density at radius 3 is 2.54 bits per heavy atom. The molecular formula is C10H23N3. The van der Waals surface area contributed by atoms with E-state index < -0.39 is 0 Å². The van der Waals surface area contributed by atoms with Crippen molar-refractivity contribution in [2.75, 3.05) is 39.3 Å². The summed E-state index contributed by atoms with van der Waals surface area (Å²) in [5.74, 6) is 0. The van der Waals surface area contributed by atoms with Gasteiger partial charge >= 0.3 is 0 Å². The standard InChI is InChI=1S/C10H23N3/c1-3-12(4-2)7-8-13-6-5-10(11)9-13/h10H,3-9,11H2,1-2H3/t10-/m0/s1. The predicted molar refractivity (Wildman–Crippen MR) is 56.8 cm³/mol.